The summed E-state index contributed by atoms with van der Waals surface area (Å²) in [5.74, 6) is -2.39. The Labute approximate surface area is 622 Å². The molecule has 104 heavy (non-hydrogen) atoms. The monoisotopic (exact) mass is 1510 g/mol. The van der Waals surface area contributed by atoms with Gasteiger partial charge in [-0.15, -0.1) is 22.7 Å². The van der Waals surface area contributed by atoms with Gasteiger partial charge in [0.15, 0.2) is 24.0 Å². The van der Waals surface area contributed by atoms with E-state index in [4.69, 9.17) is 13.3 Å². The molecule has 0 saturated carbocycles. The van der Waals surface area contributed by atoms with Crippen LogP contribution < -0.4 is 21.7 Å². The molecule has 7 aromatic heterocycles. The minimum atomic E-state index is -0.500. The quantitative estimate of drug-likeness (QED) is 0.0314. The van der Waals surface area contributed by atoms with Gasteiger partial charge in [0.25, 0.3) is 23.6 Å². The molecule has 29 heteroatoms. The minimum absolute atomic E-state index is 0. The van der Waals surface area contributed by atoms with Gasteiger partial charge in [0, 0.05) is 50.6 Å². The minimum Gasteiger partial charge on any atom is -0.448 e. The van der Waals surface area contributed by atoms with E-state index < -0.39 is 46.9 Å². The molecule has 0 bridgehead atoms. The molecule has 532 valence electrons. The SMILES string of the molecule is C.C.C.C.Cc1csc(Sc2ccc(/C=N/NC(=O)c3cccc(F)c3)o2)n1.O=C(N/N=C/c1ccc(Sc2ccccn2)o1)c1cccc(F)c1.O=C(N/N=C/c1ccc(Sc2nc3ccccc3s2)o1)c1cccc(F)c1.O=C(N/N=C/c1cccc(Sc2ccccn2)c1)c1cccc(F)c1. The number of nitrogens with one attached hydrogen (secondary N) is 4. The largest absolute Gasteiger partial charge is 0.448 e. The van der Waals surface area contributed by atoms with Crippen LogP contribution >= 0.6 is 69.7 Å². The zero-order valence-corrected chi connectivity index (χ0v) is 56.6. The van der Waals surface area contributed by atoms with Crippen LogP contribution in [0.1, 0.15) is 99.7 Å². The second-order valence-corrected chi connectivity index (χ2v) is 26.3. The molecular weight excluding hydrogens is 1450 g/mol. The Morgan fingerprint density at radius 1 is 0.413 bits per heavy atom. The van der Waals surface area contributed by atoms with Gasteiger partial charge in [-0.3, -0.25) is 19.2 Å². The van der Waals surface area contributed by atoms with Crippen LogP contribution in [0, 0.1) is 30.2 Å². The van der Waals surface area contributed by atoms with Crippen molar-refractivity contribution in [2.24, 2.45) is 20.4 Å². The van der Waals surface area contributed by atoms with E-state index in [9.17, 15) is 36.7 Å². The number of halogens is 4. The van der Waals surface area contributed by atoms with Crippen molar-refractivity contribution in [3.8, 4) is 0 Å². The fourth-order valence-corrected chi connectivity index (χ4v) is 13.2. The number of pyridine rings is 2. The first kappa shape index (κ1) is 81.6. The van der Waals surface area contributed by atoms with Gasteiger partial charge in [-0.05, 0) is 205 Å². The summed E-state index contributed by atoms with van der Waals surface area (Å²) in [6.45, 7) is 1.93. The van der Waals surface area contributed by atoms with Crippen molar-refractivity contribution in [2.75, 3.05) is 0 Å². The Morgan fingerprint density at radius 3 is 1.23 bits per heavy atom. The lowest BCUT2D eigenvalue weighted by atomic mass is 10.2. The van der Waals surface area contributed by atoms with Crippen LogP contribution in [0.2, 0.25) is 0 Å². The van der Waals surface area contributed by atoms with Crippen molar-refractivity contribution in [3.63, 3.8) is 0 Å². The van der Waals surface area contributed by atoms with E-state index in [1.54, 1.807) is 71.6 Å². The molecule has 0 fully saturated rings. The van der Waals surface area contributed by atoms with E-state index >= 15 is 0 Å². The van der Waals surface area contributed by atoms with Gasteiger partial charge in [-0.2, -0.15) is 20.4 Å². The summed E-state index contributed by atoms with van der Waals surface area (Å²) in [5.41, 5.74) is 12.9. The van der Waals surface area contributed by atoms with E-state index in [-0.39, 0.29) is 52.0 Å². The third-order valence-corrected chi connectivity index (χ3v) is 18.2. The molecule has 0 saturated heterocycles. The van der Waals surface area contributed by atoms with Gasteiger partial charge in [-0.1, -0.05) is 102 Å². The summed E-state index contributed by atoms with van der Waals surface area (Å²) >= 11 is 8.89. The van der Waals surface area contributed by atoms with Gasteiger partial charge < -0.3 is 13.3 Å². The fraction of sp³-hybridized carbons (Fsp3) is 0.0667. The Kier molecular flexibility index (Phi) is 33.1. The van der Waals surface area contributed by atoms with E-state index in [0.29, 0.717) is 32.6 Å². The van der Waals surface area contributed by atoms with E-state index in [1.807, 2.05) is 103 Å². The number of aryl methyl sites for hydroxylation is 1. The molecule has 0 atom stereocenters. The Balaban J connectivity index is 0.000000215. The number of para-hydroxylation sites is 1. The van der Waals surface area contributed by atoms with Crippen LogP contribution in [0.3, 0.4) is 0 Å². The predicted octanol–water partition coefficient (Wildman–Crippen LogP) is 19.5. The van der Waals surface area contributed by atoms with Gasteiger partial charge in [0.2, 0.25) is 0 Å². The first-order valence-electron chi connectivity index (χ1n) is 29.3. The summed E-state index contributed by atoms with van der Waals surface area (Å²) < 4.78 is 72.0. The molecule has 0 aliphatic rings. The molecule has 19 nitrogen and oxygen atoms in total. The molecule has 13 rings (SSSR count). The summed E-state index contributed by atoms with van der Waals surface area (Å²) in [4.78, 5) is 65.7. The number of nitrogens with zero attached hydrogens (tertiary/aromatic N) is 8. The van der Waals surface area contributed by atoms with Gasteiger partial charge in [0.1, 0.15) is 50.6 Å². The number of carbonyl (C=O) groups is 4. The summed E-state index contributed by atoms with van der Waals surface area (Å²) in [6, 6.07) is 59.2. The number of hydrogen-bond acceptors (Lipinski definition) is 21. The third kappa shape index (κ3) is 26.6. The average Bonchev–Trinajstić information content (AvgIpc) is 1.68. The molecule has 0 aliphatic heterocycles. The highest BCUT2D eigenvalue weighted by Crippen LogP contribution is 2.36. The molecule has 0 unspecified atom stereocenters. The number of rotatable bonds is 20. The lowest BCUT2D eigenvalue weighted by molar-refractivity contribution is 0.0946. The highest BCUT2D eigenvalue weighted by atomic mass is 32.2. The number of carbonyl (C=O) groups excluding carboxylic acids is 4. The van der Waals surface area contributed by atoms with Crippen LogP contribution in [-0.4, -0.2) is 68.4 Å². The van der Waals surface area contributed by atoms with Crippen molar-refractivity contribution in [1.82, 2.24) is 41.6 Å². The van der Waals surface area contributed by atoms with E-state index in [2.05, 4.69) is 62.0 Å². The predicted molar refractivity (Wildman–Crippen MR) is 407 cm³/mol. The number of fused-ring (bicyclic) bond motifs is 1. The highest BCUT2D eigenvalue weighted by Gasteiger charge is 2.13. The summed E-state index contributed by atoms with van der Waals surface area (Å²) in [7, 11) is 0. The molecule has 0 aliphatic carbocycles. The Bertz CT molecular complexity index is 5000. The van der Waals surface area contributed by atoms with Crippen LogP contribution in [-0.2, 0) is 0 Å². The molecule has 4 N–H and O–H groups in total. The summed E-state index contributed by atoms with van der Waals surface area (Å²) in [6.07, 6.45) is 9.14. The average molecular weight is 1520 g/mol. The fourth-order valence-electron chi connectivity index (χ4n) is 7.93. The molecule has 0 spiro atoms. The topological polar surface area (TPSA) is 257 Å². The smallest absolute Gasteiger partial charge is 0.271 e. The van der Waals surface area contributed by atoms with Crippen molar-refractivity contribution in [3.05, 3.63) is 310 Å². The zero-order chi connectivity index (χ0) is 69.8. The number of furan rings is 3. The van der Waals surface area contributed by atoms with Crippen LogP contribution in [0.25, 0.3) is 10.2 Å². The highest BCUT2D eigenvalue weighted by molar-refractivity contribution is 8.01. The Hall–Kier alpha value is -11.3. The number of hydrogen-bond donors (Lipinski definition) is 4. The lowest BCUT2D eigenvalue weighted by Crippen LogP contribution is -2.17. The lowest BCUT2D eigenvalue weighted by Gasteiger charge is -2.02. The second kappa shape index (κ2) is 42.2. The number of benzene rings is 6. The van der Waals surface area contributed by atoms with Gasteiger partial charge in [0.05, 0.1) is 35.1 Å². The maximum absolute atomic E-state index is 13.1. The van der Waals surface area contributed by atoms with Gasteiger partial charge >= 0.3 is 0 Å². The summed E-state index contributed by atoms with van der Waals surface area (Å²) in [5, 5.41) is 21.1. The Morgan fingerprint density at radius 2 is 0.817 bits per heavy atom. The molecule has 6 aromatic carbocycles. The number of hydrazone groups is 4. The second-order valence-electron chi connectivity index (χ2n) is 19.8. The van der Waals surface area contributed by atoms with E-state index in [1.165, 1.54) is 138 Å². The van der Waals surface area contributed by atoms with Crippen molar-refractivity contribution in [2.45, 2.75) is 75.5 Å². The maximum atomic E-state index is 13.1. The number of amides is 4. The molecule has 0 radical (unpaired) electrons. The first-order valence-corrected chi connectivity index (χ1v) is 34.2. The zero-order valence-electron chi connectivity index (χ0n) is 51.7. The molecule has 13 aromatic rings. The number of thiazole rings is 2. The normalized spacial score (nSPS) is 10.6. The standard InChI is InChI=1S/C19H12FN3O2S2.C19H14FN3OS.C17H12FN3O2S.C16H12FN3O2S2.4CH4/c20-13-5-3-4-12(10-13)18(24)23-21-11-14-8-9-17(25-14)27-19-22-15-6-1-2-7-16(15)26-19;20-16-7-4-6-15(12-16)19(24)23-22-13-14-5-3-8-17(11-14)25-18-9-1-2-10-21-18;18-13-5-3-4-12(10-13)17(22)21-20-11-14-7-8-16(23-14)24-15-6-1-2-9-19-15;1-10-9-23-16(19-10)24-14-6-5-13(22-14)8-18-20-15(21)11-3-2-4-12(17)7-11;;;;/h1-11H,(H,23,24);1-13H,(H,23,24);1-11H,(H,21,22);2-9H,1H3,(H,20,21);4*1H4/b21-11+;22-13+;20-11+;18-8+;;;;. The van der Waals surface area contributed by atoms with Crippen molar-refractivity contribution in [1.29, 1.82) is 0 Å². The van der Waals surface area contributed by atoms with Crippen molar-refractivity contribution < 1.29 is 50.0 Å². The van der Waals surface area contributed by atoms with E-state index in [0.717, 1.165) is 69.4 Å². The van der Waals surface area contributed by atoms with Crippen LogP contribution in [0.5, 0.6) is 0 Å². The van der Waals surface area contributed by atoms with Crippen LogP contribution in [0.4, 0.5) is 17.6 Å². The molecular formula is C75H66F4N12O7S6. The molecule has 4 amide bonds. The molecule has 7 heterocycles. The van der Waals surface area contributed by atoms with Crippen LogP contribution in [0.15, 0.2) is 309 Å². The maximum Gasteiger partial charge on any atom is 0.271 e. The van der Waals surface area contributed by atoms with Gasteiger partial charge in [-0.25, -0.2) is 59.2 Å². The first-order chi connectivity index (χ1) is 48.7. The van der Waals surface area contributed by atoms with Crippen molar-refractivity contribution >= 4 is 128 Å². The number of aromatic nitrogens is 4. The third-order valence-electron chi connectivity index (χ3n) is 12.4.